The van der Waals surface area contributed by atoms with Gasteiger partial charge < -0.3 is 20.3 Å². The van der Waals surface area contributed by atoms with E-state index < -0.39 is 28.8 Å². The van der Waals surface area contributed by atoms with Crippen molar-refractivity contribution in [3.05, 3.63) is 39.4 Å². The number of nitrogens with one attached hydrogen (secondary N) is 1. The number of hydrogen-bond donors (Lipinski definition) is 3. The van der Waals surface area contributed by atoms with E-state index in [9.17, 15) is 25.1 Å². The fraction of sp³-hybridized carbons (Fsp3) is 0.562. The van der Waals surface area contributed by atoms with Crippen molar-refractivity contribution in [1.29, 1.82) is 0 Å². The zero-order chi connectivity index (χ0) is 18.5. The summed E-state index contributed by atoms with van der Waals surface area (Å²) < 4.78 is 5.05. The molecule has 0 aromatic heterocycles. The second kappa shape index (κ2) is 8.07. The van der Waals surface area contributed by atoms with E-state index in [2.05, 4.69) is 5.32 Å². The molecule has 0 aliphatic rings. The number of nitro groups is 1. The van der Waals surface area contributed by atoms with Crippen LogP contribution < -0.4 is 5.32 Å². The highest BCUT2D eigenvalue weighted by atomic mass is 16.6. The van der Waals surface area contributed by atoms with Crippen molar-refractivity contribution in [3.8, 4) is 0 Å². The van der Waals surface area contributed by atoms with Crippen molar-refractivity contribution in [1.82, 2.24) is 5.32 Å². The lowest BCUT2D eigenvalue weighted by atomic mass is 9.98. The molecule has 0 saturated carbocycles. The second-order valence-corrected chi connectivity index (χ2v) is 6.55. The summed E-state index contributed by atoms with van der Waals surface area (Å²) >= 11 is 0. The predicted octanol–water partition coefficient (Wildman–Crippen LogP) is 2.21. The summed E-state index contributed by atoms with van der Waals surface area (Å²) in [4.78, 5) is 21.9. The number of alkyl carbamates (subject to hydrolysis) is 1. The Hall–Kier alpha value is -2.19. The van der Waals surface area contributed by atoms with E-state index in [-0.39, 0.29) is 24.2 Å². The van der Waals surface area contributed by atoms with Gasteiger partial charge in [0.25, 0.3) is 5.69 Å². The Morgan fingerprint density at radius 2 is 2.00 bits per heavy atom. The van der Waals surface area contributed by atoms with Gasteiger partial charge in [-0.15, -0.1) is 0 Å². The van der Waals surface area contributed by atoms with Crippen LogP contribution in [-0.2, 0) is 4.74 Å². The number of aryl methyl sites for hydroxylation is 1. The van der Waals surface area contributed by atoms with Gasteiger partial charge in [0.15, 0.2) is 0 Å². The van der Waals surface area contributed by atoms with Gasteiger partial charge in [0.2, 0.25) is 0 Å². The van der Waals surface area contributed by atoms with Crippen molar-refractivity contribution in [2.24, 2.45) is 0 Å². The molecule has 0 fully saturated rings. The molecule has 0 aliphatic carbocycles. The first kappa shape index (κ1) is 19.9. The molecule has 0 bridgehead atoms. The standard InChI is InChI=1S/C16H24N2O6/c1-10-5-6-12(18(22)23)11(9-10)14(20)13(19)7-8-17-15(21)24-16(2,3)4/h5-6,9,13-14,19-20H,7-8H2,1-4H3,(H,17,21). The van der Waals surface area contributed by atoms with Crippen molar-refractivity contribution >= 4 is 11.8 Å². The Morgan fingerprint density at radius 3 is 2.54 bits per heavy atom. The van der Waals surface area contributed by atoms with E-state index in [1.165, 1.54) is 12.1 Å². The average molecular weight is 340 g/mol. The van der Waals surface area contributed by atoms with Gasteiger partial charge in [0.05, 0.1) is 16.6 Å². The first-order valence-corrected chi connectivity index (χ1v) is 7.59. The van der Waals surface area contributed by atoms with Gasteiger partial charge in [-0.25, -0.2) is 4.79 Å². The third-order valence-electron chi connectivity index (χ3n) is 3.17. The highest BCUT2D eigenvalue weighted by Gasteiger charge is 2.26. The van der Waals surface area contributed by atoms with Gasteiger partial charge >= 0.3 is 6.09 Å². The minimum Gasteiger partial charge on any atom is -0.444 e. The number of aliphatic hydroxyl groups excluding tert-OH is 2. The average Bonchev–Trinajstić information content (AvgIpc) is 2.43. The second-order valence-electron chi connectivity index (χ2n) is 6.55. The number of nitrogens with zero attached hydrogens (tertiary/aromatic N) is 1. The Kier molecular flexibility index (Phi) is 6.68. The molecule has 8 heteroatoms. The van der Waals surface area contributed by atoms with Gasteiger partial charge in [-0.3, -0.25) is 10.1 Å². The minimum absolute atomic E-state index is 0.0194. The quantitative estimate of drug-likeness (QED) is 0.539. The van der Waals surface area contributed by atoms with E-state index in [1.807, 2.05) is 0 Å². The van der Waals surface area contributed by atoms with Crippen LogP contribution in [0.25, 0.3) is 0 Å². The van der Waals surface area contributed by atoms with Crippen molar-refractivity contribution in [2.75, 3.05) is 6.54 Å². The van der Waals surface area contributed by atoms with Crippen LogP contribution in [0.5, 0.6) is 0 Å². The van der Waals surface area contributed by atoms with Crippen LogP contribution in [0.2, 0.25) is 0 Å². The van der Waals surface area contributed by atoms with Gasteiger partial charge in [0.1, 0.15) is 11.7 Å². The molecule has 0 heterocycles. The molecule has 1 aromatic carbocycles. The van der Waals surface area contributed by atoms with Crippen LogP contribution in [0.15, 0.2) is 18.2 Å². The molecule has 0 saturated heterocycles. The van der Waals surface area contributed by atoms with Crippen molar-refractivity contribution < 1.29 is 24.7 Å². The lowest BCUT2D eigenvalue weighted by Gasteiger charge is -2.21. The molecule has 0 spiro atoms. The van der Waals surface area contributed by atoms with Gasteiger partial charge in [-0.05, 0) is 40.2 Å². The largest absolute Gasteiger partial charge is 0.444 e. The van der Waals surface area contributed by atoms with E-state index in [0.717, 1.165) is 5.56 Å². The molecule has 0 radical (unpaired) electrons. The maximum Gasteiger partial charge on any atom is 0.407 e. The minimum atomic E-state index is -1.43. The van der Waals surface area contributed by atoms with Crippen LogP contribution in [0.1, 0.15) is 44.4 Å². The summed E-state index contributed by atoms with van der Waals surface area (Å²) in [6.45, 7) is 6.97. The van der Waals surface area contributed by atoms with Crippen LogP contribution in [0.4, 0.5) is 10.5 Å². The predicted molar refractivity (Wildman–Crippen MR) is 87.7 cm³/mol. The van der Waals surface area contributed by atoms with Gasteiger partial charge in [-0.2, -0.15) is 0 Å². The Balaban J connectivity index is 2.66. The number of carbonyl (C=O) groups is 1. The lowest BCUT2D eigenvalue weighted by Crippen LogP contribution is -2.34. The number of rotatable bonds is 6. The number of amides is 1. The van der Waals surface area contributed by atoms with Crippen molar-refractivity contribution in [2.45, 2.75) is 51.9 Å². The Labute approximate surface area is 140 Å². The monoisotopic (exact) mass is 340 g/mol. The number of nitro benzene ring substituents is 1. The Bertz CT molecular complexity index is 597. The number of ether oxygens (including phenoxy) is 1. The maximum absolute atomic E-state index is 11.5. The summed E-state index contributed by atoms with van der Waals surface area (Å²) in [6.07, 6.45) is -3.30. The number of benzene rings is 1. The summed E-state index contributed by atoms with van der Waals surface area (Å²) in [5.41, 5.74) is -0.115. The highest BCUT2D eigenvalue weighted by Crippen LogP contribution is 2.29. The topological polar surface area (TPSA) is 122 Å². The van der Waals surface area contributed by atoms with Crippen LogP contribution in [0, 0.1) is 17.0 Å². The zero-order valence-electron chi connectivity index (χ0n) is 14.3. The molecule has 24 heavy (non-hydrogen) atoms. The number of aliphatic hydroxyl groups is 2. The summed E-state index contributed by atoms with van der Waals surface area (Å²) in [5, 5.41) is 33.7. The SMILES string of the molecule is Cc1ccc([N+](=O)[O-])c(C(O)C(O)CCNC(=O)OC(C)(C)C)c1. The molecule has 1 rings (SSSR count). The Morgan fingerprint density at radius 1 is 1.38 bits per heavy atom. The fourth-order valence-electron chi connectivity index (χ4n) is 2.08. The van der Waals surface area contributed by atoms with Crippen LogP contribution in [-0.4, -0.2) is 39.5 Å². The molecular weight excluding hydrogens is 316 g/mol. The summed E-state index contributed by atoms with van der Waals surface area (Å²) in [5.74, 6) is 0. The summed E-state index contributed by atoms with van der Waals surface area (Å²) in [7, 11) is 0. The normalized spacial score (nSPS) is 13.9. The maximum atomic E-state index is 11.5. The molecule has 1 aromatic rings. The van der Waals surface area contributed by atoms with E-state index in [0.29, 0.717) is 0 Å². The molecule has 3 N–H and O–H groups in total. The molecule has 1 amide bonds. The van der Waals surface area contributed by atoms with Crippen LogP contribution >= 0.6 is 0 Å². The third-order valence-corrected chi connectivity index (χ3v) is 3.17. The smallest absolute Gasteiger partial charge is 0.407 e. The van der Waals surface area contributed by atoms with Gasteiger partial charge in [-0.1, -0.05) is 11.6 Å². The zero-order valence-corrected chi connectivity index (χ0v) is 14.3. The molecule has 2 atom stereocenters. The fourth-order valence-corrected chi connectivity index (χ4v) is 2.08. The van der Waals surface area contributed by atoms with Crippen molar-refractivity contribution in [3.63, 3.8) is 0 Å². The molecule has 8 nitrogen and oxygen atoms in total. The first-order valence-electron chi connectivity index (χ1n) is 7.59. The number of hydrogen-bond acceptors (Lipinski definition) is 6. The number of carbonyl (C=O) groups excluding carboxylic acids is 1. The van der Waals surface area contributed by atoms with E-state index >= 15 is 0 Å². The lowest BCUT2D eigenvalue weighted by molar-refractivity contribution is -0.386. The molecule has 134 valence electrons. The molecular formula is C16H24N2O6. The third kappa shape index (κ3) is 6.13. The molecule has 0 aliphatic heterocycles. The highest BCUT2D eigenvalue weighted by molar-refractivity contribution is 5.67. The van der Waals surface area contributed by atoms with E-state index in [4.69, 9.17) is 4.74 Å². The van der Waals surface area contributed by atoms with Gasteiger partial charge in [0, 0.05) is 12.6 Å². The van der Waals surface area contributed by atoms with Crippen LogP contribution in [0.3, 0.4) is 0 Å². The van der Waals surface area contributed by atoms with E-state index in [1.54, 1.807) is 33.8 Å². The summed E-state index contributed by atoms with van der Waals surface area (Å²) in [6, 6.07) is 4.32. The first-order chi connectivity index (χ1) is 11.0. The molecule has 2 unspecified atom stereocenters.